The molecule has 0 spiro atoms. The first-order chi connectivity index (χ1) is 8.53. The van der Waals surface area contributed by atoms with Crippen molar-refractivity contribution >= 4 is 11.6 Å². The van der Waals surface area contributed by atoms with Gasteiger partial charge in [0.1, 0.15) is 0 Å². The highest BCUT2D eigenvalue weighted by Crippen LogP contribution is 2.26. The van der Waals surface area contributed by atoms with Crippen molar-refractivity contribution in [3.8, 4) is 0 Å². The summed E-state index contributed by atoms with van der Waals surface area (Å²) in [6.07, 6.45) is 2.97. The summed E-state index contributed by atoms with van der Waals surface area (Å²) in [5.41, 5.74) is 8.04. The number of halogens is 1. The van der Waals surface area contributed by atoms with Crippen molar-refractivity contribution in [1.29, 1.82) is 0 Å². The molecular weight excluding hydrogens is 246 g/mol. The number of nitrogens with two attached hydrogens (primary N) is 1. The highest BCUT2D eigenvalue weighted by molar-refractivity contribution is 6.31. The molecule has 0 saturated carbocycles. The van der Waals surface area contributed by atoms with Crippen LogP contribution >= 0.6 is 11.6 Å². The van der Waals surface area contributed by atoms with Gasteiger partial charge in [-0.15, -0.1) is 0 Å². The molecule has 3 nitrogen and oxygen atoms in total. The lowest BCUT2D eigenvalue weighted by molar-refractivity contribution is 0.404. The van der Waals surface area contributed by atoms with E-state index in [-0.39, 0.29) is 0 Å². The van der Waals surface area contributed by atoms with Gasteiger partial charge < -0.3 is 5.73 Å². The second kappa shape index (κ2) is 7.15. The molecular formula is C14H26ClN3. The maximum atomic E-state index is 6.42. The summed E-state index contributed by atoms with van der Waals surface area (Å²) < 4.78 is 2.03. The van der Waals surface area contributed by atoms with Crippen molar-refractivity contribution in [3.05, 3.63) is 16.4 Å². The van der Waals surface area contributed by atoms with Gasteiger partial charge in [-0.25, -0.2) is 0 Å². The lowest BCUT2D eigenvalue weighted by atomic mass is 9.93. The van der Waals surface area contributed by atoms with E-state index < -0.39 is 0 Å². The predicted molar refractivity (Wildman–Crippen MR) is 78.0 cm³/mol. The number of rotatable bonds is 7. The molecule has 0 aliphatic rings. The average molecular weight is 272 g/mol. The number of hydrogen-bond donors (Lipinski definition) is 1. The maximum Gasteiger partial charge on any atom is 0.0849 e. The van der Waals surface area contributed by atoms with E-state index in [2.05, 4.69) is 32.8 Å². The molecule has 1 aromatic heterocycles. The minimum Gasteiger partial charge on any atom is -0.330 e. The third-order valence-corrected chi connectivity index (χ3v) is 3.75. The summed E-state index contributed by atoms with van der Waals surface area (Å²) in [4.78, 5) is 0. The van der Waals surface area contributed by atoms with Crippen LogP contribution < -0.4 is 5.73 Å². The molecule has 1 heterocycles. The molecule has 1 aromatic rings. The molecule has 0 fully saturated rings. The second-order valence-electron chi connectivity index (χ2n) is 5.31. The minimum atomic E-state index is 0.495. The third kappa shape index (κ3) is 3.72. The van der Waals surface area contributed by atoms with Crippen molar-refractivity contribution in [1.82, 2.24) is 9.78 Å². The first-order valence-electron chi connectivity index (χ1n) is 6.97. The highest BCUT2D eigenvalue weighted by atomic mass is 35.5. The normalized spacial score (nSPS) is 13.3. The Morgan fingerprint density at radius 2 is 2.00 bits per heavy atom. The van der Waals surface area contributed by atoms with Crippen LogP contribution in [-0.4, -0.2) is 16.3 Å². The fraction of sp³-hybridized carbons (Fsp3) is 0.786. The molecule has 1 atom stereocenters. The van der Waals surface area contributed by atoms with Crippen LogP contribution in [0.5, 0.6) is 0 Å². The van der Waals surface area contributed by atoms with Crippen molar-refractivity contribution in [2.24, 2.45) is 17.6 Å². The molecule has 18 heavy (non-hydrogen) atoms. The highest BCUT2D eigenvalue weighted by Gasteiger charge is 2.18. The number of nitrogens with zero attached hydrogens (tertiary/aromatic N) is 2. The van der Waals surface area contributed by atoms with Crippen LogP contribution in [0.15, 0.2) is 0 Å². The smallest absolute Gasteiger partial charge is 0.0849 e. The minimum absolute atomic E-state index is 0.495. The molecule has 0 aliphatic heterocycles. The van der Waals surface area contributed by atoms with E-state index in [1.54, 1.807) is 0 Å². The third-order valence-electron chi connectivity index (χ3n) is 3.31. The van der Waals surface area contributed by atoms with E-state index in [0.29, 0.717) is 18.4 Å². The van der Waals surface area contributed by atoms with Crippen LogP contribution in [-0.2, 0) is 19.4 Å². The average Bonchev–Trinajstić information content (AvgIpc) is 2.64. The van der Waals surface area contributed by atoms with E-state index in [1.807, 2.05) is 4.68 Å². The van der Waals surface area contributed by atoms with Gasteiger partial charge >= 0.3 is 0 Å². The zero-order chi connectivity index (χ0) is 13.7. The Hall–Kier alpha value is -0.540. The summed E-state index contributed by atoms with van der Waals surface area (Å²) in [6.45, 7) is 10.2. The fourth-order valence-electron chi connectivity index (χ4n) is 2.42. The predicted octanol–water partition coefficient (Wildman–Crippen LogP) is 3.28. The molecule has 0 saturated heterocycles. The van der Waals surface area contributed by atoms with E-state index >= 15 is 0 Å². The van der Waals surface area contributed by atoms with Crippen LogP contribution in [0, 0.1) is 11.8 Å². The lowest BCUT2D eigenvalue weighted by Crippen LogP contribution is -2.20. The molecule has 0 aromatic carbocycles. The number of aryl methyl sites for hydroxylation is 2. The van der Waals surface area contributed by atoms with E-state index in [1.165, 1.54) is 0 Å². The zero-order valence-electron chi connectivity index (χ0n) is 12.0. The molecule has 4 heteroatoms. The molecule has 0 aliphatic carbocycles. The van der Waals surface area contributed by atoms with E-state index in [0.717, 1.165) is 42.2 Å². The van der Waals surface area contributed by atoms with Gasteiger partial charge in [-0.2, -0.15) is 5.10 Å². The molecule has 0 radical (unpaired) electrons. The van der Waals surface area contributed by atoms with Gasteiger partial charge in [0, 0.05) is 6.54 Å². The monoisotopic (exact) mass is 271 g/mol. The maximum absolute atomic E-state index is 6.42. The van der Waals surface area contributed by atoms with Crippen LogP contribution in [0.4, 0.5) is 0 Å². The van der Waals surface area contributed by atoms with Gasteiger partial charge in [-0.05, 0) is 44.6 Å². The largest absolute Gasteiger partial charge is 0.330 e. The standard InChI is InChI=1S/C14H26ClN3/c1-5-12-14(15)13(18(6-2)17-12)8-11(9-16)7-10(3)4/h10-11H,5-9,16H2,1-4H3. The Morgan fingerprint density at radius 1 is 1.33 bits per heavy atom. The molecule has 104 valence electrons. The summed E-state index contributed by atoms with van der Waals surface area (Å²) in [6, 6.07) is 0. The van der Waals surface area contributed by atoms with Gasteiger partial charge in [-0.1, -0.05) is 32.4 Å². The Kier molecular flexibility index (Phi) is 6.16. The van der Waals surface area contributed by atoms with E-state index in [9.17, 15) is 0 Å². The molecule has 0 bridgehead atoms. The van der Waals surface area contributed by atoms with Gasteiger partial charge in [0.15, 0.2) is 0 Å². The van der Waals surface area contributed by atoms with Gasteiger partial charge in [0.25, 0.3) is 0 Å². The van der Waals surface area contributed by atoms with Crippen LogP contribution in [0.25, 0.3) is 0 Å². The SMILES string of the molecule is CCc1nn(CC)c(CC(CN)CC(C)C)c1Cl. The fourth-order valence-corrected chi connectivity index (χ4v) is 2.76. The first-order valence-corrected chi connectivity index (χ1v) is 7.35. The van der Waals surface area contributed by atoms with Crippen molar-refractivity contribution in [2.75, 3.05) is 6.54 Å². The number of hydrogen-bond acceptors (Lipinski definition) is 2. The Labute approximate surface area is 116 Å². The quantitative estimate of drug-likeness (QED) is 0.827. The van der Waals surface area contributed by atoms with Crippen molar-refractivity contribution in [3.63, 3.8) is 0 Å². The van der Waals surface area contributed by atoms with Gasteiger partial charge in [0.05, 0.1) is 16.4 Å². The van der Waals surface area contributed by atoms with Crippen LogP contribution in [0.2, 0.25) is 5.02 Å². The van der Waals surface area contributed by atoms with Crippen LogP contribution in [0.3, 0.4) is 0 Å². The van der Waals surface area contributed by atoms with Gasteiger partial charge in [-0.3, -0.25) is 4.68 Å². The Morgan fingerprint density at radius 3 is 2.44 bits per heavy atom. The topological polar surface area (TPSA) is 43.8 Å². The summed E-state index contributed by atoms with van der Waals surface area (Å²) in [5, 5.41) is 5.41. The number of aromatic nitrogens is 2. The molecule has 1 rings (SSSR count). The van der Waals surface area contributed by atoms with Gasteiger partial charge in [0.2, 0.25) is 0 Å². The summed E-state index contributed by atoms with van der Waals surface area (Å²) in [5.74, 6) is 1.16. The molecule has 0 amide bonds. The zero-order valence-corrected chi connectivity index (χ0v) is 12.8. The lowest BCUT2D eigenvalue weighted by Gasteiger charge is -2.17. The first kappa shape index (κ1) is 15.5. The van der Waals surface area contributed by atoms with Crippen LogP contribution in [0.1, 0.15) is 45.5 Å². The summed E-state index contributed by atoms with van der Waals surface area (Å²) in [7, 11) is 0. The Bertz CT molecular complexity index is 371. The Balaban J connectivity index is 2.90. The van der Waals surface area contributed by atoms with Crippen molar-refractivity contribution in [2.45, 2.75) is 53.5 Å². The molecule has 2 N–H and O–H groups in total. The van der Waals surface area contributed by atoms with Crippen molar-refractivity contribution < 1.29 is 0 Å². The molecule has 1 unspecified atom stereocenters. The van der Waals surface area contributed by atoms with E-state index in [4.69, 9.17) is 17.3 Å². The summed E-state index contributed by atoms with van der Waals surface area (Å²) >= 11 is 6.42. The second-order valence-corrected chi connectivity index (χ2v) is 5.69.